The zero-order valence-electron chi connectivity index (χ0n) is 16.8. The van der Waals surface area contributed by atoms with Crippen molar-refractivity contribution in [1.29, 1.82) is 0 Å². The van der Waals surface area contributed by atoms with Crippen molar-refractivity contribution in [3.63, 3.8) is 0 Å². The molecule has 0 bridgehead atoms. The number of pyridine rings is 1. The summed E-state index contributed by atoms with van der Waals surface area (Å²) in [5.74, 6) is -2.25. The van der Waals surface area contributed by atoms with Gasteiger partial charge in [0.15, 0.2) is 5.75 Å². The lowest BCUT2D eigenvalue weighted by atomic mass is 9.95. The molecule has 1 aliphatic rings. The molecule has 7 nitrogen and oxygen atoms in total. The standard InChI is InChI=1S/C21H21Cl2FN2O5/c1-31-21(30)17-13-6-9-25(11-12-4-5-15(24)14(23)10-12)19(28)16(13)18(27)20(29)26(17)8-3-2-7-22/h4-5,10,27H,2-3,6-9,11H2,1H3. The topological polar surface area (TPSA) is 88.8 Å². The van der Waals surface area contributed by atoms with E-state index in [0.29, 0.717) is 24.3 Å². The van der Waals surface area contributed by atoms with E-state index in [1.165, 1.54) is 30.2 Å². The van der Waals surface area contributed by atoms with Gasteiger partial charge in [-0.25, -0.2) is 9.18 Å². The van der Waals surface area contributed by atoms with Gasteiger partial charge in [-0.05, 0) is 37.0 Å². The number of aromatic hydroxyl groups is 1. The second-order valence-electron chi connectivity index (χ2n) is 7.12. The summed E-state index contributed by atoms with van der Waals surface area (Å²) in [6, 6.07) is 4.11. The molecule has 2 aromatic rings. The van der Waals surface area contributed by atoms with E-state index in [4.69, 9.17) is 27.9 Å². The van der Waals surface area contributed by atoms with Gasteiger partial charge in [-0.15, -0.1) is 11.6 Å². The van der Waals surface area contributed by atoms with E-state index in [1.807, 2.05) is 0 Å². The van der Waals surface area contributed by atoms with E-state index in [1.54, 1.807) is 0 Å². The number of alkyl halides is 1. The van der Waals surface area contributed by atoms with Crippen LogP contribution in [-0.2, 0) is 24.2 Å². The molecule has 10 heteroatoms. The van der Waals surface area contributed by atoms with Gasteiger partial charge in [0.2, 0.25) is 0 Å². The summed E-state index contributed by atoms with van der Waals surface area (Å²) >= 11 is 11.5. The second kappa shape index (κ2) is 9.70. The summed E-state index contributed by atoms with van der Waals surface area (Å²) in [6.07, 6.45) is 1.35. The lowest BCUT2D eigenvalue weighted by Crippen LogP contribution is -2.41. The van der Waals surface area contributed by atoms with Gasteiger partial charge in [-0.1, -0.05) is 17.7 Å². The number of fused-ring (bicyclic) bond motifs is 1. The van der Waals surface area contributed by atoms with Crippen LogP contribution >= 0.6 is 23.2 Å². The summed E-state index contributed by atoms with van der Waals surface area (Å²) in [7, 11) is 1.18. The smallest absolute Gasteiger partial charge is 0.355 e. The highest BCUT2D eigenvalue weighted by molar-refractivity contribution is 6.30. The van der Waals surface area contributed by atoms with Crippen LogP contribution in [0.1, 0.15) is 44.8 Å². The molecule has 1 aromatic carbocycles. The minimum Gasteiger partial charge on any atom is -0.502 e. The van der Waals surface area contributed by atoms with Gasteiger partial charge in [-0.2, -0.15) is 0 Å². The summed E-state index contributed by atoms with van der Waals surface area (Å²) in [5.41, 5.74) is -0.224. The molecule has 0 aliphatic carbocycles. The zero-order valence-corrected chi connectivity index (χ0v) is 18.3. The molecule has 3 rings (SSSR count). The number of amides is 1. The lowest BCUT2D eigenvalue weighted by Gasteiger charge is -2.31. The van der Waals surface area contributed by atoms with Crippen molar-refractivity contribution in [2.75, 3.05) is 19.5 Å². The predicted molar refractivity (Wildman–Crippen MR) is 114 cm³/mol. The summed E-state index contributed by atoms with van der Waals surface area (Å²) in [6.45, 7) is 0.483. The number of halogens is 3. The number of benzene rings is 1. The Balaban J connectivity index is 2.03. The van der Waals surface area contributed by atoms with E-state index < -0.39 is 29.0 Å². The number of nitrogens with zero attached hydrogens (tertiary/aromatic N) is 2. The molecule has 1 N–H and O–H groups in total. The van der Waals surface area contributed by atoms with Crippen LogP contribution in [0.5, 0.6) is 5.75 Å². The van der Waals surface area contributed by atoms with E-state index in [0.717, 1.165) is 4.57 Å². The van der Waals surface area contributed by atoms with Crippen molar-refractivity contribution in [2.45, 2.75) is 32.4 Å². The van der Waals surface area contributed by atoms with E-state index in [2.05, 4.69) is 0 Å². The normalized spacial score (nSPS) is 13.3. The second-order valence-corrected chi connectivity index (χ2v) is 7.91. The molecular formula is C21H21Cl2FN2O5. The molecule has 2 heterocycles. The number of carbonyl (C=O) groups is 2. The molecule has 166 valence electrons. The van der Waals surface area contributed by atoms with Crippen molar-refractivity contribution in [3.8, 4) is 5.75 Å². The average molecular weight is 471 g/mol. The number of methoxy groups -OCH3 is 1. The number of unbranched alkanes of at least 4 members (excludes halogenated alkanes) is 1. The molecule has 0 fully saturated rings. The maximum atomic E-state index is 13.4. The lowest BCUT2D eigenvalue weighted by molar-refractivity contribution is 0.0582. The fourth-order valence-electron chi connectivity index (χ4n) is 3.66. The minimum absolute atomic E-state index is 0.0345. The molecule has 1 aliphatic heterocycles. The van der Waals surface area contributed by atoms with Crippen LogP contribution in [0.25, 0.3) is 0 Å². The fourth-order valence-corrected chi connectivity index (χ4v) is 4.05. The van der Waals surface area contributed by atoms with Gasteiger partial charge < -0.3 is 14.7 Å². The SMILES string of the molecule is COC(=O)c1c2c(c(O)c(=O)n1CCCCCl)C(=O)N(Cc1ccc(F)c(Cl)c1)CC2. The molecule has 0 radical (unpaired) electrons. The van der Waals surface area contributed by atoms with E-state index in [-0.39, 0.29) is 47.9 Å². The molecule has 1 aromatic heterocycles. The molecule has 1 amide bonds. The number of ether oxygens (including phenoxy) is 1. The van der Waals surface area contributed by atoms with Crippen LogP contribution in [0.4, 0.5) is 4.39 Å². The highest BCUT2D eigenvalue weighted by Crippen LogP contribution is 2.29. The van der Waals surface area contributed by atoms with Gasteiger partial charge in [0, 0.05) is 31.1 Å². The van der Waals surface area contributed by atoms with Gasteiger partial charge in [-0.3, -0.25) is 14.2 Å². The number of hydrogen-bond donors (Lipinski definition) is 1. The molecule has 0 unspecified atom stereocenters. The summed E-state index contributed by atoms with van der Waals surface area (Å²) in [4.78, 5) is 39.8. The fraction of sp³-hybridized carbons (Fsp3) is 0.381. The van der Waals surface area contributed by atoms with Crippen molar-refractivity contribution in [1.82, 2.24) is 9.47 Å². The zero-order chi connectivity index (χ0) is 22.7. The van der Waals surface area contributed by atoms with Gasteiger partial charge in [0.1, 0.15) is 11.5 Å². The Hall–Kier alpha value is -2.58. The Kier molecular flexibility index (Phi) is 7.23. The molecule has 0 saturated heterocycles. The third-order valence-electron chi connectivity index (χ3n) is 5.18. The van der Waals surface area contributed by atoms with Crippen LogP contribution in [0.3, 0.4) is 0 Å². The maximum absolute atomic E-state index is 13.4. The average Bonchev–Trinajstić information content (AvgIpc) is 2.75. The number of hydrogen-bond acceptors (Lipinski definition) is 5. The Morgan fingerprint density at radius 2 is 2.03 bits per heavy atom. The van der Waals surface area contributed by atoms with Crippen molar-refractivity contribution >= 4 is 35.1 Å². The Morgan fingerprint density at radius 3 is 2.68 bits per heavy atom. The number of carbonyl (C=O) groups excluding carboxylic acids is 2. The first-order valence-electron chi connectivity index (χ1n) is 9.66. The molecular weight excluding hydrogens is 450 g/mol. The third-order valence-corrected chi connectivity index (χ3v) is 5.73. The van der Waals surface area contributed by atoms with Crippen molar-refractivity contribution in [3.05, 3.63) is 61.8 Å². The molecule has 0 saturated carbocycles. The largest absolute Gasteiger partial charge is 0.502 e. The molecule has 0 spiro atoms. The van der Waals surface area contributed by atoms with E-state index in [9.17, 15) is 23.9 Å². The Labute approximate surface area is 187 Å². The van der Waals surface area contributed by atoms with Crippen molar-refractivity contribution in [2.24, 2.45) is 0 Å². The van der Waals surface area contributed by atoms with Crippen LogP contribution in [0.15, 0.2) is 23.0 Å². The third kappa shape index (κ3) is 4.55. The van der Waals surface area contributed by atoms with E-state index >= 15 is 0 Å². The quantitative estimate of drug-likeness (QED) is 0.380. The molecule has 0 atom stereocenters. The first kappa shape index (κ1) is 23.1. The first-order chi connectivity index (χ1) is 14.8. The monoisotopic (exact) mass is 470 g/mol. The highest BCUT2D eigenvalue weighted by Gasteiger charge is 2.35. The van der Waals surface area contributed by atoms with Crippen LogP contribution in [0, 0.1) is 5.82 Å². The first-order valence-corrected chi connectivity index (χ1v) is 10.6. The predicted octanol–water partition coefficient (Wildman–Crippen LogP) is 3.35. The Morgan fingerprint density at radius 1 is 1.29 bits per heavy atom. The van der Waals surface area contributed by atoms with Crippen LogP contribution in [-0.4, -0.2) is 46.0 Å². The summed E-state index contributed by atoms with van der Waals surface area (Å²) in [5, 5.41) is 10.5. The van der Waals surface area contributed by atoms with Gasteiger partial charge in [0.05, 0.1) is 17.7 Å². The maximum Gasteiger partial charge on any atom is 0.355 e. The van der Waals surface area contributed by atoms with Crippen LogP contribution in [0.2, 0.25) is 5.02 Å². The Bertz CT molecular complexity index is 1090. The van der Waals surface area contributed by atoms with Crippen LogP contribution < -0.4 is 5.56 Å². The van der Waals surface area contributed by atoms with Gasteiger partial charge >= 0.3 is 5.97 Å². The number of esters is 1. The minimum atomic E-state index is -0.839. The van der Waals surface area contributed by atoms with Gasteiger partial charge in [0.25, 0.3) is 11.5 Å². The van der Waals surface area contributed by atoms with Crippen molar-refractivity contribution < 1.29 is 23.8 Å². The summed E-state index contributed by atoms with van der Waals surface area (Å²) < 4.78 is 19.4. The highest BCUT2D eigenvalue weighted by atomic mass is 35.5. The molecule has 31 heavy (non-hydrogen) atoms. The number of rotatable bonds is 7. The number of aromatic nitrogens is 1.